The van der Waals surface area contributed by atoms with Crippen LogP contribution in [0.2, 0.25) is 0 Å². The number of nitrogens with zero attached hydrogens (tertiary/aromatic N) is 9. The van der Waals surface area contributed by atoms with E-state index in [9.17, 15) is 24.2 Å². The first-order valence-corrected chi connectivity index (χ1v) is 27.6. The van der Waals surface area contributed by atoms with E-state index < -0.39 is 29.3 Å². The molecule has 2 unspecified atom stereocenters. The van der Waals surface area contributed by atoms with Gasteiger partial charge in [-0.05, 0) is 118 Å². The second kappa shape index (κ2) is 20.4. The summed E-state index contributed by atoms with van der Waals surface area (Å²) in [5.41, 5.74) is 7.52. The molecule has 8 heterocycles. The van der Waals surface area contributed by atoms with Crippen LogP contribution in [0.15, 0.2) is 102 Å². The molecule has 2 amide bonds. The van der Waals surface area contributed by atoms with Crippen molar-refractivity contribution in [1.29, 1.82) is 0 Å². The normalized spacial score (nSPS) is 26.5. The number of halogens is 1. The van der Waals surface area contributed by atoms with Crippen molar-refractivity contribution >= 4 is 40.3 Å². The number of aromatic nitrogens is 5. The number of piperidine rings is 1. The Kier molecular flexibility index (Phi) is 13.5. The van der Waals surface area contributed by atoms with Gasteiger partial charge in [0.15, 0.2) is 5.65 Å². The van der Waals surface area contributed by atoms with Gasteiger partial charge in [-0.15, -0.1) is 10.2 Å². The molecule has 5 N–H and O–H groups in total. The first-order valence-electron chi connectivity index (χ1n) is 27.6. The largest absolute Gasteiger partial charge is 0.507 e. The second-order valence-corrected chi connectivity index (χ2v) is 23.5. The van der Waals surface area contributed by atoms with Gasteiger partial charge >= 0.3 is 0 Å². The number of para-hydroxylation sites is 1. The first-order chi connectivity index (χ1) is 37.2. The van der Waals surface area contributed by atoms with Crippen molar-refractivity contribution < 1.29 is 29.0 Å². The minimum absolute atomic E-state index is 0.0964. The Morgan fingerprint density at radius 1 is 0.844 bits per heavy atom. The molecule has 77 heavy (non-hydrogen) atoms. The van der Waals surface area contributed by atoms with Crippen molar-refractivity contribution in [2.75, 3.05) is 42.5 Å². The van der Waals surface area contributed by atoms with Gasteiger partial charge in [0.25, 0.3) is 0 Å². The highest BCUT2D eigenvalue weighted by Gasteiger charge is 2.48. The SMILES string of the molecule is CC(C)(C)[C@H](NC(=O)C1CCC(N2CCC(c3cnc(N4C5CCC4CN(c4c[nH]c6nnc(-c7ccccc7O)cc46)C5)nc3)CC2)CC1)C(=O)N1C[C@H](O)C[C@H]1C1=N[C@](C)(c2ccc(-c3ccccc3F)cc2)ON1. The number of phenols is 1. The van der Waals surface area contributed by atoms with E-state index in [2.05, 4.69) is 53.1 Å². The molecule has 18 heteroatoms. The summed E-state index contributed by atoms with van der Waals surface area (Å²) in [6.45, 7) is 11.5. The van der Waals surface area contributed by atoms with Crippen molar-refractivity contribution in [1.82, 2.24) is 45.7 Å². The monoisotopic (exact) mass is 1040 g/mol. The zero-order chi connectivity index (χ0) is 53.2. The van der Waals surface area contributed by atoms with Gasteiger partial charge in [-0.1, -0.05) is 75.4 Å². The Bertz CT molecular complexity index is 3150. The maximum Gasteiger partial charge on any atom is 0.246 e. The van der Waals surface area contributed by atoms with E-state index in [4.69, 9.17) is 19.8 Å². The molecule has 0 radical (unpaired) electrons. The van der Waals surface area contributed by atoms with Gasteiger partial charge < -0.3 is 40.1 Å². The van der Waals surface area contributed by atoms with Crippen molar-refractivity contribution in [3.63, 3.8) is 0 Å². The number of benzene rings is 3. The number of carbonyl (C=O) groups is 2. The lowest BCUT2D eigenvalue weighted by Crippen LogP contribution is -2.58. The molecule has 1 saturated carbocycles. The van der Waals surface area contributed by atoms with Gasteiger partial charge in [-0.3, -0.25) is 9.59 Å². The van der Waals surface area contributed by atoms with Crippen LogP contribution >= 0.6 is 0 Å². The number of phenolic OH excluding ortho intramolecular Hbond substituents is 1. The Morgan fingerprint density at radius 3 is 2.21 bits per heavy atom. The maximum absolute atomic E-state index is 14.6. The van der Waals surface area contributed by atoms with E-state index in [0.29, 0.717) is 46.7 Å². The third-order valence-corrected chi connectivity index (χ3v) is 17.5. The molecule has 3 aromatic carbocycles. The molecule has 5 aliphatic heterocycles. The Labute approximate surface area is 448 Å². The van der Waals surface area contributed by atoms with Crippen LogP contribution in [0.1, 0.15) is 103 Å². The minimum atomic E-state index is -1.12. The molecule has 5 fully saturated rings. The molecule has 12 rings (SSSR count). The Hall–Kier alpha value is -7.02. The summed E-state index contributed by atoms with van der Waals surface area (Å²) in [5.74, 6) is 0.958. The van der Waals surface area contributed by atoms with Crippen LogP contribution in [-0.2, 0) is 20.2 Å². The lowest BCUT2D eigenvalue weighted by Gasteiger charge is -2.42. The smallest absolute Gasteiger partial charge is 0.246 e. The van der Waals surface area contributed by atoms with E-state index in [0.717, 1.165) is 111 Å². The van der Waals surface area contributed by atoms with Crippen molar-refractivity contribution in [3.05, 3.63) is 114 Å². The van der Waals surface area contributed by atoms with Crippen LogP contribution in [0.4, 0.5) is 16.0 Å². The zero-order valence-corrected chi connectivity index (χ0v) is 44.3. The topological polar surface area (TPSA) is 201 Å². The predicted molar refractivity (Wildman–Crippen MR) is 292 cm³/mol. The summed E-state index contributed by atoms with van der Waals surface area (Å²) in [7, 11) is 0. The van der Waals surface area contributed by atoms with E-state index in [1.54, 1.807) is 35.2 Å². The molecular weight excluding hydrogens is 976 g/mol. The van der Waals surface area contributed by atoms with E-state index in [-0.39, 0.29) is 42.3 Å². The molecule has 1 aliphatic carbocycles. The fourth-order valence-electron chi connectivity index (χ4n) is 13.1. The number of aromatic amines is 1. The van der Waals surface area contributed by atoms with Gasteiger partial charge in [-0.2, -0.15) is 0 Å². The molecule has 402 valence electrons. The third-order valence-electron chi connectivity index (χ3n) is 17.5. The molecule has 6 aliphatic rings. The fraction of sp³-hybridized carbons (Fsp3) is 0.475. The molecule has 6 aromatic rings. The number of hydroxylamine groups is 1. The number of amidine groups is 1. The number of hydrogen-bond acceptors (Lipinski definition) is 14. The number of β-amino-alcohol motifs (C(OH)–C–C–N with tert-alkyl or cyclic N) is 1. The lowest BCUT2D eigenvalue weighted by atomic mass is 9.81. The van der Waals surface area contributed by atoms with Crippen LogP contribution < -0.4 is 20.6 Å². The number of carbonyl (C=O) groups excluding carboxylic acids is 2. The number of amides is 2. The number of anilines is 2. The minimum Gasteiger partial charge on any atom is -0.507 e. The number of rotatable bonds is 11. The number of nitrogens with one attached hydrogen (secondary N) is 3. The van der Waals surface area contributed by atoms with Gasteiger partial charge in [0.2, 0.25) is 23.5 Å². The highest BCUT2D eigenvalue weighted by molar-refractivity contribution is 5.96. The van der Waals surface area contributed by atoms with Gasteiger partial charge in [0.1, 0.15) is 23.4 Å². The number of piperazine rings is 1. The number of fused-ring (bicyclic) bond motifs is 3. The summed E-state index contributed by atoms with van der Waals surface area (Å²) < 4.78 is 14.5. The van der Waals surface area contributed by atoms with Crippen LogP contribution in [-0.4, -0.2) is 132 Å². The Morgan fingerprint density at radius 2 is 1.52 bits per heavy atom. The number of H-pyrrole nitrogens is 1. The number of hydrogen-bond donors (Lipinski definition) is 5. The second-order valence-electron chi connectivity index (χ2n) is 23.5. The van der Waals surface area contributed by atoms with Crippen LogP contribution in [0.5, 0.6) is 5.75 Å². The quantitative estimate of drug-likeness (QED) is 0.0842. The van der Waals surface area contributed by atoms with Gasteiger partial charge in [0.05, 0.1) is 23.5 Å². The van der Waals surface area contributed by atoms with Crippen molar-refractivity contribution in [3.8, 4) is 28.1 Å². The molecular formula is C59H69FN12O5. The summed E-state index contributed by atoms with van der Waals surface area (Å²) >= 11 is 0. The van der Waals surface area contributed by atoms with E-state index in [1.165, 1.54) is 11.6 Å². The fourth-order valence-corrected chi connectivity index (χ4v) is 13.1. The third kappa shape index (κ3) is 9.88. The molecule has 3 aromatic heterocycles. The van der Waals surface area contributed by atoms with E-state index in [1.807, 2.05) is 76.4 Å². The number of aliphatic hydroxyl groups is 1. The standard InChI is InChI=1S/C59H69FN12O5/c1-58(2,3)52(56(76)71-34-43(73)27-49(71)54-65-59(4,77-68-54)39-17-13-36(14-18-39)44-9-5-7-11-47(44)60)64-55(75)37-15-19-40(20-16-37)69-25-23-35(24-26-69)38-29-62-57(63-30-38)72-41-21-22-42(72)33-70(32-41)50-31-61-53-46(50)28-48(66-67-53)45-10-6-8-12-51(45)74/h5-14,17-18,28-31,35,37,40-43,49,52,73-74H,15-16,19-27,32-34H2,1-4H3,(H,61,67)(H,64,75)(H,65,68)/t37?,40?,41?,42?,43-,49+,52-,59+/m1/s1. The zero-order valence-electron chi connectivity index (χ0n) is 44.3. The van der Waals surface area contributed by atoms with Crippen molar-refractivity contribution in [2.45, 2.75) is 133 Å². The average Bonchev–Trinajstić information content (AvgIpc) is 4.31. The molecule has 17 nitrogen and oxygen atoms in total. The van der Waals surface area contributed by atoms with Gasteiger partial charge in [0, 0.05) is 90.8 Å². The summed E-state index contributed by atoms with van der Waals surface area (Å²) in [4.78, 5) is 62.2. The molecule has 4 saturated heterocycles. The van der Waals surface area contributed by atoms with Crippen LogP contribution in [0.25, 0.3) is 33.4 Å². The average molecular weight is 1050 g/mol. The van der Waals surface area contributed by atoms with Gasteiger partial charge in [-0.25, -0.2) is 29.7 Å². The number of aromatic hydroxyl groups is 1. The van der Waals surface area contributed by atoms with Crippen molar-refractivity contribution in [2.24, 2.45) is 16.3 Å². The predicted octanol–water partition coefficient (Wildman–Crippen LogP) is 7.82. The number of aliphatic hydroxyl groups excluding tert-OH is 1. The maximum atomic E-state index is 14.6. The summed E-state index contributed by atoms with van der Waals surface area (Å²) in [6, 6.07) is 22.8. The highest BCUT2D eigenvalue weighted by atomic mass is 19.1. The van der Waals surface area contributed by atoms with Crippen LogP contribution in [0, 0.1) is 17.2 Å². The number of aliphatic imine (C=N–C) groups is 1. The molecule has 2 bridgehead atoms. The summed E-state index contributed by atoms with van der Waals surface area (Å²) in [6.07, 6.45) is 13.2. The van der Waals surface area contributed by atoms with Crippen LogP contribution in [0.3, 0.4) is 0 Å². The highest BCUT2D eigenvalue weighted by Crippen LogP contribution is 2.41. The van der Waals surface area contributed by atoms with E-state index >= 15 is 0 Å². The summed E-state index contributed by atoms with van der Waals surface area (Å²) in [5, 5.41) is 34.5. The molecule has 0 spiro atoms. The lowest BCUT2D eigenvalue weighted by molar-refractivity contribution is -0.141. The first kappa shape index (κ1) is 50.8. The Balaban J connectivity index is 0.625. The molecule has 6 atom stereocenters. The number of likely N-dealkylation sites (tertiary alicyclic amines) is 2.